The summed E-state index contributed by atoms with van der Waals surface area (Å²) in [5.74, 6) is 0.939. The van der Waals surface area contributed by atoms with E-state index in [4.69, 9.17) is 8.94 Å². The molecule has 0 aliphatic heterocycles. The normalized spacial score (nSPS) is 10.6. The van der Waals surface area contributed by atoms with Gasteiger partial charge in [-0.3, -0.25) is 9.78 Å². The summed E-state index contributed by atoms with van der Waals surface area (Å²) >= 11 is 0. The first kappa shape index (κ1) is 15.8. The van der Waals surface area contributed by atoms with Crippen molar-refractivity contribution < 1.29 is 13.7 Å². The molecule has 3 aromatic heterocycles. The van der Waals surface area contributed by atoms with Crippen molar-refractivity contribution in [2.75, 3.05) is 0 Å². The number of nitrogens with zero attached hydrogens (tertiary/aromatic N) is 2. The van der Waals surface area contributed by atoms with Crippen LogP contribution in [0.1, 0.15) is 16.1 Å². The Labute approximate surface area is 149 Å². The average molecular weight is 345 g/mol. The predicted molar refractivity (Wildman–Crippen MR) is 95.0 cm³/mol. The van der Waals surface area contributed by atoms with Gasteiger partial charge < -0.3 is 14.3 Å². The number of carbonyl (C=O) groups is 1. The Balaban J connectivity index is 1.43. The summed E-state index contributed by atoms with van der Waals surface area (Å²) in [4.78, 5) is 16.6. The molecular formula is C20H15N3O3. The van der Waals surface area contributed by atoms with Gasteiger partial charge in [-0.15, -0.1) is 0 Å². The topological polar surface area (TPSA) is 81.2 Å². The molecular weight excluding hydrogens is 330 g/mol. The molecule has 1 N–H and O–H groups in total. The summed E-state index contributed by atoms with van der Waals surface area (Å²) in [7, 11) is 0. The van der Waals surface area contributed by atoms with Crippen molar-refractivity contribution in [3.8, 4) is 22.8 Å². The average Bonchev–Trinajstić information content (AvgIpc) is 3.39. The molecule has 0 atom stereocenters. The molecule has 0 unspecified atom stereocenters. The second kappa shape index (κ2) is 7.06. The first-order chi connectivity index (χ1) is 12.8. The summed E-state index contributed by atoms with van der Waals surface area (Å²) in [6, 6.07) is 18.5. The standard InChI is InChI=1S/C20H15N3O3/c24-20(17-12-19(26-23-17)15-5-2-1-3-6-15)22-13-14-8-9-21-16(11-14)18-7-4-10-25-18/h1-12H,13H2,(H,22,24). The van der Waals surface area contributed by atoms with Crippen molar-refractivity contribution in [3.63, 3.8) is 0 Å². The maximum Gasteiger partial charge on any atom is 0.273 e. The molecule has 128 valence electrons. The molecule has 1 aromatic carbocycles. The number of furan rings is 1. The molecule has 0 bridgehead atoms. The Morgan fingerprint density at radius 1 is 1.00 bits per heavy atom. The molecule has 6 nitrogen and oxygen atoms in total. The maximum atomic E-state index is 12.3. The Morgan fingerprint density at radius 2 is 1.88 bits per heavy atom. The molecule has 1 amide bonds. The van der Waals surface area contributed by atoms with E-state index >= 15 is 0 Å². The lowest BCUT2D eigenvalue weighted by Gasteiger charge is -2.04. The first-order valence-electron chi connectivity index (χ1n) is 8.09. The molecule has 0 aliphatic carbocycles. The number of pyridine rings is 1. The number of rotatable bonds is 5. The quantitative estimate of drug-likeness (QED) is 0.593. The minimum Gasteiger partial charge on any atom is -0.463 e. The van der Waals surface area contributed by atoms with Crippen molar-refractivity contribution >= 4 is 5.91 Å². The van der Waals surface area contributed by atoms with Crippen molar-refractivity contribution in [2.45, 2.75) is 6.54 Å². The van der Waals surface area contributed by atoms with Crippen LogP contribution in [0.3, 0.4) is 0 Å². The number of amides is 1. The zero-order valence-electron chi connectivity index (χ0n) is 13.8. The van der Waals surface area contributed by atoms with Crippen LogP contribution in [0.15, 0.2) is 82.1 Å². The van der Waals surface area contributed by atoms with Gasteiger partial charge in [-0.1, -0.05) is 35.5 Å². The minimum atomic E-state index is -0.299. The van der Waals surface area contributed by atoms with Gasteiger partial charge in [-0.25, -0.2) is 0 Å². The lowest BCUT2D eigenvalue weighted by Crippen LogP contribution is -2.23. The minimum absolute atomic E-state index is 0.240. The van der Waals surface area contributed by atoms with E-state index in [1.807, 2.05) is 48.5 Å². The van der Waals surface area contributed by atoms with Crippen LogP contribution in [0.5, 0.6) is 0 Å². The van der Waals surface area contributed by atoms with E-state index in [2.05, 4.69) is 15.5 Å². The van der Waals surface area contributed by atoms with Crippen molar-refractivity contribution in [3.05, 3.63) is 84.4 Å². The highest BCUT2D eigenvalue weighted by atomic mass is 16.5. The number of benzene rings is 1. The molecule has 26 heavy (non-hydrogen) atoms. The fraction of sp³-hybridized carbons (Fsp3) is 0.0500. The molecule has 4 aromatic rings. The lowest BCUT2D eigenvalue weighted by atomic mass is 10.1. The van der Waals surface area contributed by atoms with Crippen LogP contribution in [0.2, 0.25) is 0 Å². The molecule has 0 aliphatic rings. The van der Waals surface area contributed by atoms with Gasteiger partial charge in [0.25, 0.3) is 5.91 Å². The molecule has 4 rings (SSSR count). The van der Waals surface area contributed by atoms with Gasteiger partial charge in [0.15, 0.2) is 17.2 Å². The third-order valence-corrected chi connectivity index (χ3v) is 3.85. The molecule has 3 heterocycles. The lowest BCUT2D eigenvalue weighted by molar-refractivity contribution is 0.0942. The van der Waals surface area contributed by atoms with Crippen LogP contribution >= 0.6 is 0 Å². The van der Waals surface area contributed by atoms with Crippen molar-refractivity contribution in [1.82, 2.24) is 15.5 Å². The van der Waals surface area contributed by atoms with Gasteiger partial charge in [0.05, 0.1) is 6.26 Å². The van der Waals surface area contributed by atoms with Crippen LogP contribution in [0, 0.1) is 0 Å². The Bertz CT molecular complexity index is 1010. The second-order valence-corrected chi connectivity index (χ2v) is 5.65. The molecule has 0 spiro atoms. The number of carbonyl (C=O) groups excluding carboxylic acids is 1. The van der Waals surface area contributed by atoms with Gasteiger partial charge in [-0.2, -0.15) is 0 Å². The predicted octanol–water partition coefficient (Wildman–Crippen LogP) is 3.93. The summed E-state index contributed by atoms with van der Waals surface area (Å²) < 4.78 is 10.6. The van der Waals surface area contributed by atoms with Crippen LogP contribution in [0.25, 0.3) is 22.8 Å². The highest BCUT2D eigenvalue weighted by Gasteiger charge is 2.13. The summed E-state index contributed by atoms with van der Waals surface area (Å²) in [5.41, 5.74) is 2.74. The van der Waals surface area contributed by atoms with Crippen LogP contribution in [-0.2, 0) is 6.54 Å². The number of hydrogen-bond acceptors (Lipinski definition) is 5. The maximum absolute atomic E-state index is 12.3. The zero-order chi connectivity index (χ0) is 17.8. The number of aromatic nitrogens is 2. The highest BCUT2D eigenvalue weighted by molar-refractivity contribution is 5.93. The fourth-order valence-electron chi connectivity index (χ4n) is 2.54. The number of hydrogen-bond donors (Lipinski definition) is 1. The smallest absolute Gasteiger partial charge is 0.273 e. The van der Waals surface area contributed by atoms with E-state index in [0.29, 0.717) is 18.1 Å². The van der Waals surface area contributed by atoms with Crippen molar-refractivity contribution in [1.29, 1.82) is 0 Å². The van der Waals surface area contributed by atoms with Gasteiger partial charge in [-0.05, 0) is 29.8 Å². The van der Waals surface area contributed by atoms with Crippen LogP contribution in [-0.4, -0.2) is 16.0 Å². The molecule has 6 heteroatoms. The van der Waals surface area contributed by atoms with Crippen molar-refractivity contribution in [2.24, 2.45) is 0 Å². The SMILES string of the molecule is O=C(NCc1ccnc(-c2ccco2)c1)c1cc(-c2ccccc2)on1. The summed E-state index contributed by atoms with van der Waals surface area (Å²) in [5, 5.41) is 6.68. The fourth-order valence-corrected chi connectivity index (χ4v) is 2.54. The third-order valence-electron chi connectivity index (χ3n) is 3.85. The molecule has 0 radical (unpaired) electrons. The second-order valence-electron chi connectivity index (χ2n) is 5.65. The molecule has 0 saturated heterocycles. The number of nitrogens with one attached hydrogen (secondary N) is 1. The third kappa shape index (κ3) is 3.39. The Kier molecular flexibility index (Phi) is 4.30. The van der Waals surface area contributed by atoms with E-state index in [1.165, 1.54) is 0 Å². The Hall–Kier alpha value is -3.67. The summed E-state index contributed by atoms with van der Waals surface area (Å²) in [6.07, 6.45) is 3.28. The Morgan fingerprint density at radius 3 is 2.69 bits per heavy atom. The molecule has 0 fully saturated rings. The largest absolute Gasteiger partial charge is 0.463 e. The van der Waals surface area contributed by atoms with E-state index < -0.39 is 0 Å². The molecule has 0 saturated carbocycles. The van der Waals surface area contributed by atoms with Gasteiger partial charge >= 0.3 is 0 Å². The zero-order valence-corrected chi connectivity index (χ0v) is 13.8. The first-order valence-corrected chi connectivity index (χ1v) is 8.09. The monoisotopic (exact) mass is 345 g/mol. The van der Waals surface area contributed by atoms with Gasteiger partial charge in [0.2, 0.25) is 0 Å². The van der Waals surface area contributed by atoms with E-state index in [1.54, 1.807) is 24.6 Å². The van der Waals surface area contributed by atoms with Gasteiger partial charge in [0, 0.05) is 24.4 Å². The van der Waals surface area contributed by atoms with Gasteiger partial charge in [0.1, 0.15) is 5.69 Å². The van der Waals surface area contributed by atoms with E-state index in [-0.39, 0.29) is 11.6 Å². The van der Waals surface area contributed by atoms with Crippen LogP contribution < -0.4 is 5.32 Å². The van der Waals surface area contributed by atoms with E-state index in [0.717, 1.165) is 16.8 Å². The van der Waals surface area contributed by atoms with E-state index in [9.17, 15) is 4.79 Å². The highest BCUT2D eigenvalue weighted by Crippen LogP contribution is 2.20. The summed E-state index contributed by atoms with van der Waals surface area (Å²) in [6.45, 7) is 0.350. The van der Waals surface area contributed by atoms with Crippen LogP contribution in [0.4, 0.5) is 0 Å².